The third-order valence-corrected chi connectivity index (χ3v) is 2.53. The van der Waals surface area contributed by atoms with E-state index < -0.39 is 17.8 Å². The van der Waals surface area contributed by atoms with Crippen LogP contribution in [0.25, 0.3) is 0 Å². The molecule has 1 N–H and O–H groups in total. The van der Waals surface area contributed by atoms with Crippen LogP contribution in [0.2, 0.25) is 0 Å². The van der Waals surface area contributed by atoms with Crippen LogP contribution in [0.4, 0.5) is 14.5 Å². The largest absolute Gasteiger partial charge is 0.322 e. The van der Waals surface area contributed by atoms with Gasteiger partial charge in [0.05, 0.1) is 17.8 Å². The lowest BCUT2D eigenvalue weighted by Gasteiger charge is -2.06. The van der Waals surface area contributed by atoms with Crippen molar-refractivity contribution in [3.63, 3.8) is 0 Å². The summed E-state index contributed by atoms with van der Waals surface area (Å²) in [5.41, 5.74) is 1.32. The lowest BCUT2D eigenvalue weighted by Crippen LogP contribution is -2.17. The summed E-state index contributed by atoms with van der Waals surface area (Å²) in [6.07, 6.45) is 1.60. The van der Waals surface area contributed by atoms with Crippen LogP contribution in [0.3, 0.4) is 0 Å². The molecule has 0 saturated carbocycles. The molecule has 0 spiro atoms. The van der Waals surface area contributed by atoms with Gasteiger partial charge < -0.3 is 5.32 Å². The van der Waals surface area contributed by atoms with Gasteiger partial charge in [-0.05, 0) is 30.7 Å². The third kappa shape index (κ3) is 3.31. The van der Waals surface area contributed by atoms with Crippen molar-refractivity contribution in [2.45, 2.75) is 13.3 Å². The molecule has 6 heteroatoms. The summed E-state index contributed by atoms with van der Waals surface area (Å²) < 4.78 is 25.9. The standard InChI is InChI=1S/C13H11F2N3O/c1-8-3-2-6-16-10(8)7-12(19)17-9-4-5-11(14)18-13(9)15/h2-6H,7H2,1H3,(H,17,19). The summed E-state index contributed by atoms with van der Waals surface area (Å²) in [6.45, 7) is 1.83. The molecule has 0 atom stereocenters. The summed E-state index contributed by atoms with van der Waals surface area (Å²) in [7, 11) is 0. The van der Waals surface area contributed by atoms with Gasteiger partial charge in [0.1, 0.15) is 0 Å². The maximum Gasteiger partial charge on any atom is 0.239 e. The number of anilines is 1. The number of amides is 1. The van der Waals surface area contributed by atoms with Gasteiger partial charge in [-0.2, -0.15) is 13.8 Å². The molecule has 0 aliphatic rings. The quantitative estimate of drug-likeness (QED) is 0.864. The zero-order valence-electron chi connectivity index (χ0n) is 10.2. The van der Waals surface area contributed by atoms with Crippen LogP contribution < -0.4 is 5.32 Å². The highest BCUT2D eigenvalue weighted by molar-refractivity contribution is 5.92. The van der Waals surface area contributed by atoms with Gasteiger partial charge in [-0.15, -0.1) is 0 Å². The molecule has 2 heterocycles. The molecular weight excluding hydrogens is 252 g/mol. The van der Waals surface area contributed by atoms with Crippen LogP contribution in [-0.2, 0) is 11.2 Å². The minimum absolute atomic E-state index is 0.0174. The van der Waals surface area contributed by atoms with E-state index in [0.29, 0.717) is 5.69 Å². The zero-order chi connectivity index (χ0) is 13.8. The van der Waals surface area contributed by atoms with Gasteiger partial charge in [-0.3, -0.25) is 9.78 Å². The van der Waals surface area contributed by atoms with E-state index in [1.165, 1.54) is 0 Å². The number of nitrogens with one attached hydrogen (secondary N) is 1. The topological polar surface area (TPSA) is 54.9 Å². The molecule has 2 rings (SSSR count). The van der Waals surface area contributed by atoms with Crippen molar-refractivity contribution >= 4 is 11.6 Å². The Bertz CT molecular complexity index is 617. The molecule has 4 nitrogen and oxygen atoms in total. The van der Waals surface area contributed by atoms with E-state index in [4.69, 9.17) is 0 Å². The minimum Gasteiger partial charge on any atom is -0.322 e. The van der Waals surface area contributed by atoms with Crippen molar-refractivity contribution < 1.29 is 13.6 Å². The molecule has 98 valence electrons. The SMILES string of the molecule is Cc1cccnc1CC(=O)Nc1ccc(F)nc1F. The Morgan fingerprint density at radius 1 is 1.32 bits per heavy atom. The van der Waals surface area contributed by atoms with Gasteiger partial charge in [0.2, 0.25) is 17.8 Å². The third-order valence-electron chi connectivity index (χ3n) is 2.53. The zero-order valence-corrected chi connectivity index (χ0v) is 10.2. The maximum atomic E-state index is 13.2. The van der Waals surface area contributed by atoms with Crippen molar-refractivity contribution in [3.8, 4) is 0 Å². The fourth-order valence-corrected chi connectivity index (χ4v) is 1.56. The number of hydrogen-bond acceptors (Lipinski definition) is 3. The van der Waals surface area contributed by atoms with Crippen LogP contribution in [0.1, 0.15) is 11.3 Å². The molecule has 0 saturated heterocycles. The first-order valence-electron chi connectivity index (χ1n) is 5.58. The average molecular weight is 263 g/mol. The first kappa shape index (κ1) is 13.1. The summed E-state index contributed by atoms with van der Waals surface area (Å²) in [4.78, 5) is 18.8. The lowest BCUT2D eigenvalue weighted by atomic mass is 10.1. The molecule has 19 heavy (non-hydrogen) atoms. The fraction of sp³-hybridized carbons (Fsp3) is 0.154. The van der Waals surface area contributed by atoms with Crippen LogP contribution in [-0.4, -0.2) is 15.9 Å². The van der Waals surface area contributed by atoms with Crippen LogP contribution in [0, 0.1) is 18.8 Å². The second kappa shape index (κ2) is 5.51. The van der Waals surface area contributed by atoms with Gasteiger partial charge >= 0.3 is 0 Å². The summed E-state index contributed by atoms with van der Waals surface area (Å²) in [5.74, 6) is -2.42. The van der Waals surface area contributed by atoms with Gasteiger partial charge in [0, 0.05) is 6.20 Å². The number of hydrogen-bond donors (Lipinski definition) is 1. The highest BCUT2D eigenvalue weighted by Gasteiger charge is 2.11. The first-order valence-corrected chi connectivity index (χ1v) is 5.58. The van der Waals surface area contributed by atoms with Gasteiger partial charge in [-0.25, -0.2) is 0 Å². The predicted octanol–water partition coefficient (Wildman–Crippen LogP) is 2.24. The van der Waals surface area contributed by atoms with Crippen molar-refractivity contribution in [1.29, 1.82) is 0 Å². The van der Waals surface area contributed by atoms with E-state index in [9.17, 15) is 13.6 Å². The smallest absolute Gasteiger partial charge is 0.239 e. The number of carbonyl (C=O) groups excluding carboxylic acids is 1. The summed E-state index contributed by atoms with van der Waals surface area (Å²) >= 11 is 0. The maximum absolute atomic E-state index is 13.2. The molecule has 0 unspecified atom stereocenters. The predicted molar refractivity (Wildman–Crippen MR) is 65.5 cm³/mol. The average Bonchev–Trinajstić information content (AvgIpc) is 2.36. The number of halogens is 2. The van der Waals surface area contributed by atoms with Gasteiger partial charge in [-0.1, -0.05) is 6.07 Å². The molecule has 2 aromatic heterocycles. The monoisotopic (exact) mass is 263 g/mol. The molecule has 1 amide bonds. The second-order valence-corrected chi connectivity index (χ2v) is 3.96. The van der Waals surface area contributed by atoms with Crippen LogP contribution >= 0.6 is 0 Å². The molecule has 0 radical (unpaired) electrons. The van der Waals surface area contributed by atoms with E-state index in [0.717, 1.165) is 17.7 Å². The Kier molecular flexibility index (Phi) is 3.79. The van der Waals surface area contributed by atoms with E-state index in [1.54, 1.807) is 12.3 Å². The summed E-state index contributed by atoms with van der Waals surface area (Å²) in [5, 5.41) is 2.33. The highest BCUT2D eigenvalue weighted by atomic mass is 19.1. The normalized spacial score (nSPS) is 10.3. The van der Waals surface area contributed by atoms with E-state index in [2.05, 4.69) is 15.3 Å². The van der Waals surface area contributed by atoms with E-state index in [1.807, 2.05) is 13.0 Å². The molecule has 2 aromatic rings. The number of aromatic nitrogens is 2. The Labute approximate surface area is 108 Å². The van der Waals surface area contributed by atoms with Gasteiger partial charge in [0.25, 0.3) is 0 Å². The second-order valence-electron chi connectivity index (χ2n) is 3.96. The number of pyridine rings is 2. The molecular formula is C13H11F2N3O. The number of carbonyl (C=O) groups is 1. The summed E-state index contributed by atoms with van der Waals surface area (Å²) in [6, 6.07) is 5.70. The van der Waals surface area contributed by atoms with Crippen LogP contribution in [0.15, 0.2) is 30.5 Å². The molecule has 0 aromatic carbocycles. The Hall–Kier alpha value is -2.37. The Balaban J connectivity index is 2.08. The van der Waals surface area contributed by atoms with Crippen molar-refractivity contribution in [3.05, 3.63) is 53.6 Å². The highest BCUT2D eigenvalue weighted by Crippen LogP contribution is 2.12. The number of rotatable bonds is 3. The van der Waals surface area contributed by atoms with Crippen LogP contribution in [0.5, 0.6) is 0 Å². The van der Waals surface area contributed by atoms with Crippen molar-refractivity contribution in [2.75, 3.05) is 5.32 Å². The van der Waals surface area contributed by atoms with E-state index in [-0.39, 0.29) is 12.1 Å². The Morgan fingerprint density at radius 2 is 2.11 bits per heavy atom. The fourth-order valence-electron chi connectivity index (χ4n) is 1.56. The minimum atomic E-state index is -1.05. The van der Waals surface area contributed by atoms with Crippen molar-refractivity contribution in [1.82, 2.24) is 9.97 Å². The molecule has 0 aliphatic carbocycles. The number of nitrogens with zero attached hydrogens (tertiary/aromatic N) is 2. The van der Waals surface area contributed by atoms with Crippen molar-refractivity contribution in [2.24, 2.45) is 0 Å². The van der Waals surface area contributed by atoms with E-state index >= 15 is 0 Å². The number of aryl methyl sites for hydroxylation is 1. The Morgan fingerprint density at radius 3 is 2.79 bits per heavy atom. The van der Waals surface area contributed by atoms with Gasteiger partial charge in [0.15, 0.2) is 0 Å². The first-order chi connectivity index (χ1) is 9.06. The lowest BCUT2D eigenvalue weighted by molar-refractivity contribution is -0.115. The molecule has 0 fully saturated rings. The molecule has 0 bridgehead atoms. The molecule has 0 aliphatic heterocycles.